The summed E-state index contributed by atoms with van der Waals surface area (Å²) in [5, 5.41) is 0.678. The zero-order chi connectivity index (χ0) is 14.5. The standard InChI is InChI=1S/C15H21ClN2O2/c1-17-7-9-18(10-8-17)11-14(15(19)20-2)12-3-5-13(16)6-4-12/h3-6,14H,7-11H2,1-2H3. The fourth-order valence-corrected chi connectivity index (χ4v) is 2.57. The Labute approximate surface area is 125 Å². The molecule has 1 saturated heterocycles. The van der Waals surface area contributed by atoms with Crippen LogP contribution in [0.3, 0.4) is 0 Å². The van der Waals surface area contributed by atoms with Crippen molar-refractivity contribution in [3.8, 4) is 0 Å². The summed E-state index contributed by atoms with van der Waals surface area (Å²) in [5.74, 6) is -0.438. The van der Waals surface area contributed by atoms with Gasteiger partial charge in [-0.3, -0.25) is 9.69 Å². The number of hydrogen-bond donors (Lipinski definition) is 0. The van der Waals surface area contributed by atoms with E-state index in [4.69, 9.17) is 16.3 Å². The molecule has 0 bridgehead atoms. The van der Waals surface area contributed by atoms with Crippen LogP contribution in [0.25, 0.3) is 0 Å². The molecular formula is C15H21ClN2O2. The van der Waals surface area contributed by atoms with E-state index in [-0.39, 0.29) is 11.9 Å². The first-order chi connectivity index (χ1) is 9.60. The third kappa shape index (κ3) is 3.95. The molecule has 0 aromatic heterocycles. The van der Waals surface area contributed by atoms with Gasteiger partial charge in [0.05, 0.1) is 13.0 Å². The van der Waals surface area contributed by atoms with E-state index in [1.807, 2.05) is 24.3 Å². The minimum atomic E-state index is -0.249. The summed E-state index contributed by atoms with van der Waals surface area (Å²) in [6, 6.07) is 7.44. The first-order valence-electron chi connectivity index (χ1n) is 6.84. The lowest BCUT2D eigenvalue weighted by Gasteiger charge is -2.34. The molecule has 110 valence electrons. The third-order valence-electron chi connectivity index (χ3n) is 3.79. The molecule has 1 aliphatic heterocycles. The van der Waals surface area contributed by atoms with Crippen LogP contribution in [0.2, 0.25) is 5.02 Å². The molecule has 0 radical (unpaired) electrons. The van der Waals surface area contributed by atoms with Crippen LogP contribution in [0.4, 0.5) is 0 Å². The molecule has 1 aromatic rings. The number of benzene rings is 1. The summed E-state index contributed by atoms with van der Waals surface area (Å²) in [4.78, 5) is 16.7. The summed E-state index contributed by atoms with van der Waals surface area (Å²) >= 11 is 5.91. The minimum Gasteiger partial charge on any atom is -0.469 e. The monoisotopic (exact) mass is 296 g/mol. The Morgan fingerprint density at radius 1 is 1.25 bits per heavy atom. The highest BCUT2D eigenvalue weighted by molar-refractivity contribution is 6.30. The number of ether oxygens (including phenoxy) is 1. The van der Waals surface area contributed by atoms with Gasteiger partial charge in [-0.25, -0.2) is 0 Å². The quantitative estimate of drug-likeness (QED) is 0.794. The van der Waals surface area contributed by atoms with Crippen LogP contribution in [0.15, 0.2) is 24.3 Å². The first-order valence-corrected chi connectivity index (χ1v) is 7.22. The van der Waals surface area contributed by atoms with Gasteiger partial charge < -0.3 is 9.64 Å². The topological polar surface area (TPSA) is 32.8 Å². The second-order valence-corrected chi connectivity index (χ2v) is 5.67. The molecule has 1 aliphatic rings. The molecule has 4 nitrogen and oxygen atoms in total. The van der Waals surface area contributed by atoms with Crippen molar-refractivity contribution in [1.82, 2.24) is 9.80 Å². The van der Waals surface area contributed by atoms with Crippen LogP contribution >= 0.6 is 11.6 Å². The highest BCUT2D eigenvalue weighted by atomic mass is 35.5. The summed E-state index contributed by atoms with van der Waals surface area (Å²) in [7, 11) is 3.56. The summed E-state index contributed by atoms with van der Waals surface area (Å²) in [5.41, 5.74) is 0.958. The molecule has 0 aliphatic carbocycles. The number of likely N-dealkylation sites (N-methyl/N-ethyl adjacent to an activating group) is 1. The zero-order valence-corrected chi connectivity index (χ0v) is 12.8. The number of carbonyl (C=O) groups is 1. The molecule has 1 aromatic carbocycles. The molecular weight excluding hydrogens is 276 g/mol. The lowest BCUT2D eigenvalue weighted by Crippen LogP contribution is -2.46. The number of esters is 1. The van der Waals surface area contributed by atoms with Crippen molar-refractivity contribution in [3.63, 3.8) is 0 Å². The van der Waals surface area contributed by atoms with Crippen LogP contribution in [0, 0.1) is 0 Å². The van der Waals surface area contributed by atoms with E-state index in [1.165, 1.54) is 7.11 Å². The van der Waals surface area contributed by atoms with Gasteiger partial charge in [-0.1, -0.05) is 23.7 Å². The van der Waals surface area contributed by atoms with Crippen molar-refractivity contribution >= 4 is 17.6 Å². The average molecular weight is 297 g/mol. The Kier molecular flexibility index (Phi) is 5.40. The Balaban J connectivity index is 2.08. The predicted octanol–water partition coefficient (Wildman–Crippen LogP) is 1.84. The van der Waals surface area contributed by atoms with E-state index in [2.05, 4.69) is 16.8 Å². The fourth-order valence-electron chi connectivity index (χ4n) is 2.44. The Morgan fingerprint density at radius 3 is 2.40 bits per heavy atom. The van der Waals surface area contributed by atoms with Crippen molar-refractivity contribution in [2.24, 2.45) is 0 Å². The highest BCUT2D eigenvalue weighted by Gasteiger charge is 2.25. The van der Waals surface area contributed by atoms with Crippen molar-refractivity contribution in [1.29, 1.82) is 0 Å². The van der Waals surface area contributed by atoms with Crippen LogP contribution in [-0.2, 0) is 9.53 Å². The molecule has 2 rings (SSSR count). The molecule has 5 heteroatoms. The molecule has 1 heterocycles. The number of halogens is 1. The van der Waals surface area contributed by atoms with Crippen LogP contribution in [-0.4, -0.2) is 62.7 Å². The Hall–Kier alpha value is -1.10. The lowest BCUT2D eigenvalue weighted by molar-refractivity contribution is -0.143. The molecule has 0 saturated carbocycles. The normalized spacial score (nSPS) is 18.8. The SMILES string of the molecule is COC(=O)C(CN1CCN(C)CC1)c1ccc(Cl)cc1. The molecule has 0 amide bonds. The van der Waals surface area contributed by atoms with Crippen molar-refractivity contribution < 1.29 is 9.53 Å². The summed E-state index contributed by atoms with van der Waals surface area (Å²) in [6.07, 6.45) is 0. The lowest BCUT2D eigenvalue weighted by atomic mass is 9.98. The van der Waals surface area contributed by atoms with Crippen molar-refractivity contribution in [2.75, 3.05) is 46.9 Å². The molecule has 20 heavy (non-hydrogen) atoms. The number of rotatable bonds is 4. The molecule has 1 atom stereocenters. The first kappa shape index (κ1) is 15.3. The number of carbonyl (C=O) groups excluding carboxylic acids is 1. The van der Waals surface area contributed by atoms with Gasteiger partial charge >= 0.3 is 5.97 Å². The van der Waals surface area contributed by atoms with E-state index >= 15 is 0 Å². The van der Waals surface area contributed by atoms with Gasteiger partial charge in [0.15, 0.2) is 0 Å². The Morgan fingerprint density at radius 2 is 1.85 bits per heavy atom. The van der Waals surface area contributed by atoms with Crippen LogP contribution in [0.5, 0.6) is 0 Å². The minimum absolute atomic E-state index is 0.189. The average Bonchev–Trinajstić information content (AvgIpc) is 2.47. The van der Waals surface area contributed by atoms with E-state index < -0.39 is 0 Å². The molecule has 1 fully saturated rings. The second kappa shape index (κ2) is 7.07. The summed E-state index contributed by atoms with van der Waals surface area (Å²) in [6.45, 7) is 4.74. The van der Waals surface area contributed by atoms with Gasteiger partial charge in [0.25, 0.3) is 0 Å². The van der Waals surface area contributed by atoms with Crippen molar-refractivity contribution in [2.45, 2.75) is 5.92 Å². The van der Waals surface area contributed by atoms with E-state index in [0.29, 0.717) is 11.6 Å². The molecule has 0 spiro atoms. The van der Waals surface area contributed by atoms with Gasteiger partial charge in [0.2, 0.25) is 0 Å². The van der Waals surface area contributed by atoms with E-state index in [9.17, 15) is 4.79 Å². The predicted molar refractivity (Wildman–Crippen MR) is 80.1 cm³/mol. The Bertz CT molecular complexity index is 442. The second-order valence-electron chi connectivity index (χ2n) is 5.23. The maximum Gasteiger partial charge on any atom is 0.314 e. The number of nitrogens with zero attached hydrogens (tertiary/aromatic N) is 2. The zero-order valence-electron chi connectivity index (χ0n) is 12.0. The van der Waals surface area contributed by atoms with Gasteiger partial charge in [-0.15, -0.1) is 0 Å². The summed E-state index contributed by atoms with van der Waals surface area (Å²) < 4.78 is 4.95. The fraction of sp³-hybridized carbons (Fsp3) is 0.533. The third-order valence-corrected chi connectivity index (χ3v) is 4.05. The van der Waals surface area contributed by atoms with E-state index in [0.717, 1.165) is 31.7 Å². The maximum absolute atomic E-state index is 12.0. The molecule has 1 unspecified atom stereocenters. The number of hydrogen-bond acceptors (Lipinski definition) is 4. The largest absolute Gasteiger partial charge is 0.469 e. The van der Waals surface area contributed by atoms with E-state index in [1.54, 1.807) is 0 Å². The van der Waals surface area contributed by atoms with Crippen molar-refractivity contribution in [3.05, 3.63) is 34.9 Å². The van der Waals surface area contributed by atoms with Gasteiger partial charge in [-0.2, -0.15) is 0 Å². The highest BCUT2D eigenvalue weighted by Crippen LogP contribution is 2.21. The number of piperazine rings is 1. The van der Waals surface area contributed by atoms with Gasteiger partial charge in [0, 0.05) is 37.7 Å². The van der Waals surface area contributed by atoms with Gasteiger partial charge in [0.1, 0.15) is 0 Å². The molecule has 0 N–H and O–H groups in total. The number of methoxy groups -OCH3 is 1. The maximum atomic E-state index is 12.0. The van der Waals surface area contributed by atoms with Gasteiger partial charge in [-0.05, 0) is 24.7 Å². The smallest absolute Gasteiger partial charge is 0.314 e. The van der Waals surface area contributed by atoms with Crippen LogP contribution in [0.1, 0.15) is 11.5 Å². The van der Waals surface area contributed by atoms with Crippen LogP contribution < -0.4 is 0 Å².